The summed E-state index contributed by atoms with van der Waals surface area (Å²) in [5.74, 6) is 0. The van der Waals surface area contributed by atoms with E-state index < -0.39 is 0 Å². The summed E-state index contributed by atoms with van der Waals surface area (Å²) in [6.07, 6.45) is 0. The van der Waals surface area contributed by atoms with Gasteiger partial charge >= 0.3 is 0 Å². The third-order valence-corrected chi connectivity index (χ3v) is 4.16. The third kappa shape index (κ3) is 2.15. The first-order valence-corrected chi connectivity index (χ1v) is 7.59. The number of H-pyrrole nitrogens is 1. The van der Waals surface area contributed by atoms with E-state index >= 15 is 0 Å². The van der Waals surface area contributed by atoms with E-state index in [2.05, 4.69) is 67.8 Å². The molecule has 0 saturated heterocycles. The highest BCUT2D eigenvalue weighted by molar-refractivity contribution is 14.1. The quantitative estimate of drug-likeness (QED) is 0.423. The molecular formula is C13H8BrIN2S. The van der Waals surface area contributed by atoms with Gasteiger partial charge in [0, 0.05) is 13.7 Å². The highest BCUT2D eigenvalue weighted by Gasteiger charge is 2.06. The molecule has 0 radical (unpaired) electrons. The van der Waals surface area contributed by atoms with Gasteiger partial charge in [-0.15, -0.1) is 0 Å². The summed E-state index contributed by atoms with van der Waals surface area (Å²) in [4.78, 5) is 3.24. The van der Waals surface area contributed by atoms with E-state index in [0.29, 0.717) is 4.77 Å². The van der Waals surface area contributed by atoms with Gasteiger partial charge in [0.15, 0.2) is 4.77 Å². The molecule has 0 fully saturated rings. The van der Waals surface area contributed by atoms with Crippen LogP contribution in [0.5, 0.6) is 0 Å². The standard InChI is InChI=1S/C13H8BrIN2S/c14-8-2-1-3-10(6-8)17-12-5-4-9(15)7-11(12)16-13(17)18/h1-7H,(H,16,18). The molecule has 0 saturated carbocycles. The second-order valence-electron chi connectivity index (χ2n) is 3.91. The molecule has 90 valence electrons. The lowest BCUT2D eigenvalue weighted by Crippen LogP contribution is -1.93. The lowest BCUT2D eigenvalue weighted by molar-refractivity contribution is 1.06. The molecule has 1 heterocycles. The molecule has 0 aliphatic heterocycles. The average Bonchev–Trinajstić information content (AvgIpc) is 2.64. The molecule has 0 unspecified atom stereocenters. The van der Waals surface area contributed by atoms with Crippen LogP contribution in [0.3, 0.4) is 0 Å². The van der Waals surface area contributed by atoms with Gasteiger partial charge in [0.2, 0.25) is 0 Å². The lowest BCUT2D eigenvalue weighted by atomic mass is 10.3. The van der Waals surface area contributed by atoms with Crippen LogP contribution in [0.25, 0.3) is 16.7 Å². The van der Waals surface area contributed by atoms with Crippen molar-refractivity contribution in [3.63, 3.8) is 0 Å². The number of hydrogen-bond donors (Lipinski definition) is 1. The summed E-state index contributed by atoms with van der Waals surface area (Å²) < 4.78 is 5.00. The van der Waals surface area contributed by atoms with Crippen LogP contribution in [0.1, 0.15) is 0 Å². The highest BCUT2D eigenvalue weighted by Crippen LogP contribution is 2.23. The van der Waals surface area contributed by atoms with Crippen LogP contribution < -0.4 is 0 Å². The number of hydrogen-bond acceptors (Lipinski definition) is 1. The summed E-state index contributed by atoms with van der Waals surface area (Å²) in [6, 6.07) is 14.4. The maximum absolute atomic E-state index is 5.41. The molecule has 2 nitrogen and oxygen atoms in total. The number of nitrogens with one attached hydrogen (secondary N) is 1. The molecule has 0 aliphatic carbocycles. The number of fused-ring (bicyclic) bond motifs is 1. The fraction of sp³-hybridized carbons (Fsp3) is 0. The first-order valence-electron chi connectivity index (χ1n) is 5.31. The fourth-order valence-corrected chi connectivity index (χ4v) is 3.15. The summed E-state index contributed by atoms with van der Waals surface area (Å²) in [6.45, 7) is 0. The van der Waals surface area contributed by atoms with Gasteiger partial charge < -0.3 is 4.98 Å². The van der Waals surface area contributed by atoms with Crippen LogP contribution >= 0.6 is 50.7 Å². The van der Waals surface area contributed by atoms with Crippen molar-refractivity contribution in [1.82, 2.24) is 9.55 Å². The van der Waals surface area contributed by atoms with Gasteiger partial charge in [-0.1, -0.05) is 22.0 Å². The highest BCUT2D eigenvalue weighted by atomic mass is 127. The molecule has 0 spiro atoms. The molecule has 1 aromatic heterocycles. The van der Waals surface area contributed by atoms with Crippen LogP contribution in [0.2, 0.25) is 0 Å². The second-order valence-corrected chi connectivity index (χ2v) is 6.45. The monoisotopic (exact) mass is 430 g/mol. The van der Waals surface area contributed by atoms with E-state index in [9.17, 15) is 0 Å². The maximum atomic E-state index is 5.41. The number of aromatic nitrogens is 2. The van der Waals surface area contributed by atoms with Gasteiger partial charge in [-0.2, -0.15) is 0 Å². The molecule has 0 bridgehead atoms. The van der Waals surface area contributed by atoms with Crippen molar-refractivity contribution in [2.24, 2.45) is 0 Å². The van der Waals surface area contributed by atoms with Gasteiger partial charge in [0.1, 0.15) is 0 Å². The minimum Gasteiger partial charge on any atom is -0.330 e. The Bertz CT molecular complexity index is 791. The first-order chi connectivity index (χ1) is 8.65. The average molecular weight is 431 g/mol. The first kappa shape index (κ1) is 12.4. The van der Waals surface area contributed by atoms with Crippen molar-refractivity contribution in [2.75, 3.05) is 0 Å². The van der Waals surface area contributed by atoms with Crippen molar-refractivity contribution < 1.29 is 0 Å². The van der Waals surface area contributed by atoms with Gasteiger partial charge in [-0.3, -0.25) is 4.57 Å². The molecule has 18 heavy (non-hydrogen) atoms. The van der Waals surface area contributed by atoms with Gasteiger partial charge in [0.25, 0.3) is 0 Å². The zero-order chi connectivity index (χ0) is 12.7. The molecule has 0 aliphatic rings. The molecule has 3 aromatic rings. The number of halogens is 2. The SMILES string of the molecule is S=c1[nH]c2cc(I)ccc2n1-c1cccc(Br)c1. The van der Waals surface area contributed by atoms with Gasteiger partial charge in [-0.25, -0.2) is 0 Å². The Kier molecular flexibility index (Phi) is 3.29. The minimum atomic E-state index is 0.713. The smallest absolute Gasteiger partial charge is 0.182 e. The van der Waals surface area contributed by atoms with E-state index in [4.69, 9.17) is 12.2 Å². The van der Waals surface area contributed by atoms with Crippen molar-refractivity contribution in [2.45, 2.75) is 0 Å². The fourth-order valence-electron chi connectivity index (χ4n) is 1.96. The molecule has 0 atom stereocenters. The lowest BCUT2D eigenvalue weighted by Gasteiger charge is -2.05. The van der Waals surface area contributed by atoms with Crippen molar-refractivity contribution in [3.05, 3.63) is 55.3 Å². The molecule has 1 N–H and O–H groups in total. The summed E-state index contributed by atoms with van der Waals surface area (Å²) >= 11 is 11.2. The van der Waals surface area contributed by atoms with E-state index in [1.165, 1.54) is 3.57 Å². The van der Waals surface area contributed by atoms with E-state index in [1.807, 2.05) is 22.8 Å². The predicted molar refractivity (Wildman–Crippen MR) is 88.9 cm³/mol. The summed E-state index contributed by atoms with van der Waals surface area (Å²) in [7, 11) is 0. The van der Waals surface area contributed by atoms with E-state index in [-0.39, 0.29) is 0 Å². The zero-order valence-corrected chi connectivity index (χ0v) is 13.7. The largest absolute Gasteiger partial charge is 0.330 e. The Morgan fingerprint density at radius 2 is 2.00 bits per heavy atom. The minimum absolute atomic E-state index is 0.713. The van der Waals surface area contributed by atoms with Crippen LogP contribution in [-0.2, 0) is 0 Å². The van der Waals surface area contributed by atoms with Crippen molar-refractivity contribution in [3.8, 4) is 5.69 Å². The zero-order valence-electron chi connectivity index (χ0n) is 9.15. The Morgan fingerprint density at radius 1 is 1.17 bits per heavy atom. The summed E-state index contributed by atoms with van der Waals surface area (Å²) in [5, 5.41) is 0. The summed E-state index contributed by atoms with van der Waals surface area (Å²) in [5.41, 5.74) is 3.22. The molecule has 5 heteroatoms. The molecule has 3 rings (SSSR count). The predicted octanol–water partition coefficient (Wildman–Crippen LogP) is 5.06. The Hall–Kier alpha value is -0.660. The Labute approximate surface area is 131 Å². The third-order valence-electron chi connectivity index (χ3n) is 2.71. The molecule has 2 aromatic carbocycles. The number of rotatable bonds is 1. The van der Waals surface area contributed by atoms with E-state index in [0.717, 1.165) is 21.2 Å². The second kappa shape index (κ2) is 4.79. The number of benzene rings is 2. The van der Waals surface area contributed by atoms with Crippen LogP contribution in [0.15, 0.2) is 46.9 Å². The molecule has 0 amide bonds. The van der Waals surface area contributed by atoms with Crippen LogP contribution in [0.4, 0.5) is 0 Å². The van der Waals surface area contributed by atoms with E-state index in [1.54, 1.807) is 0 Å². The van der Waals surface area contributed by atoms with Crippen LogP contribution in [0, 0.1) is 8.34 Å². The Morgan fingerprint density at radius 3 is 2.78 bits per heavy atom. The van der Waals surface area contributed by atoms with Crippen molar-refractivity contribution in [1.29, 1.82) is 0 Å². The van der Waals surface area contributed by atoms with Crippen molar-refractivity contribution >= 4 is 61.8 Å². The van der Waals surface area contributed by atoms with Gasteiger partial charge in [0.05, 0.1) is 11.0 Å². The Balaban J connectivity index is 2.35. The molecular weight excluding hydrogens is 423 g/mol. The topological polar surface area (TPSA) is 20.7 Å². The number of nitrogens with zero attached hydrogens (tertiary/aromatic N) is 1. The number of imidazole rings is 1. The normalized spacial score (nSPS) is 11.0. The number of aromatic amines is 1. The van der Waals surface area contributed by atoms with Crippen LogP contribution in [-0.4, -0.2) is 9.55 Å². The van der Waals surface area contributed by atoms with Gasteiger partial charge in [-0.05, 0) is 71.2 Å². The maximum Gasteiger partial charge on any atom is 0.182 e.